The van der Waals surface area contributed by atoms with Crippen LogP contribution in [0.2, 0.25) is 0 Å². The van der Waals surface area contributed by atoms with E-state index in [0.717, 1.165) is 22.7 Å². The number of benzene rings is 3. The normalized spacial score (nSPS) is 11.4. The first-order valence-electron chi connectivity index (χ1n) is 10.2. The minimum Gasteiger partial charge on any atom is -0.497 e. The molecule has 0 atom stereocenters. The number of anilines is 2. The molecule has 0 aliphatic rings. The average molecular weight is 387 g/mol. The van der Waals surface area contributed by atoms with Crippen molar-refractivity contribution in [1.82, 2.24) is 0 Å². The van der Waals surface area contributed by atoms with Gasteiger partial charge < -0.3 is 10.1 Å². The molecule has 0 spiro atoms. The number of hydrogen-bond acceptors (Lipinski definition) is 3. The number of para-hydroxylation sites is 2. The maximum Gasteiger partial charge on any atom is 0.119 e. The summed E-state index contributed by atoms with van der Waals surface area (Å²) in [5.41, 5.74) is 6.88. The molecule has 29 heavy (non-hydrogen) atoms. The smallest absolute Gasteiger partial charge is 0.119 e. The fraction of sp³-hybridized carbons (Fsp3) is 0.269. The molecule has 150 valence electrons. The van der Waals surface area contributed by atoms with Crippen molar-refractivity contribution in [2.75, 3.05) is 12.4 Å². The Morgan fingerprint density at radius 3 is 2.00 bits per heavy atom. The lowest BCUT2D eigenvalue weighted by atomic mass is 9.92. The van der Waals surface area contributed by atoms with Crippen molar-refractivity contribution in [3.63, 3.8) is 0 Å². The van der Waals surface area contributed by atoms with E-state index in [1.165, 1.54) is 16.8 Å². The van der Waals surface area contributed by atoms with Gasteiger partial charge in [-0.05, 0) is 53.3 Å². The van der Waals surface area contributed by atoms with E-state index in [9.17, 15) is 0 Å². The van der Waals surface area contributed by atoms with Crippen LogP contribution in [0.4, 0.5) is 17.1 Å². The molecule has 0 saturated carbocycles. The minimum absolute atomic E-state index is 0.441. The lowest BCUT2D eigenvalue weighted by Crippen LogP contribution is -2.05. The van der Waals surface area contributed by atoms with Crippen LogP contribution >= 0.6 is 0 Å². The first kappa shape index (κ1) is 20.7. The summed E-state index contributed by atoms with van der Waals surface area (Å²) in [5.74, 6) is 1.71. The van der Waals surface area contributed by atoms with Crippen molar-refractivity contribution < 1.29 is 4.74 Å². The Morgan fingerprint density at radius 1 is 0.793 bits per heavy atom. The molecule has 3 aromatic carbocycles. The maximum absolute atomic E-state index is 5.22. The largest absolute Gasteiger partial charge is 0.497 e. The van der Waals surface area contributed by atoms with Gasteiger partial charge in [-0.2, -0.15) is 0 Å². The zero-order valence-electron chi connectivity index (χ0n) is 17.9. The van der Waals surface area contributed by atoms with E-state index >= 15 is 0 Å². The highest BCUT2D eigenvalue weighted by atomic mass is 16.5. The molecule has 3 aromatic rings. The van der Waals surface area contributed by atoms with Crippen LogP contribution < -0.4 is 10.1 Å². The Labute approximate surface area is 174 Å². The number of nitrogens with zero attached hydrogens (tertiary/aromatic N) is 1. The molecule has 0 unspecified atom stereocenters. The summed E-state index contributed by atoms with van der Waals surface area (Å²) in [6.45, 7) is 8.95. The van der Waals surface area contributed by atoms with E-state index in [4.69, 9.17) is 4.74 Å². The maximum atomic E-state index is 5.22. The van der Waals surface area contributed by atoms with Gasteiger partial charge in [-0.1, -0.05) is 64.1 Å². The van der Waals surface area contributed by atoms with E-state index in [0.29, 0.717) is 11.8 Å². The van der Waals surface area contributed by atoms with Crippen molar-refractivity contribution in [1.29, 1.82) is 0 Å². The van der Waals surface area contributed by atoms with E-state index in [-0.39, 0.29) is 0 Å². The summed E-state index contributed by atoms with van der Waals surface area (Å²) in [6, 6.07) is 22.6. The molecule has 0 bridgehead atoms. The first-order valence-corrected chi connectivity index (χ1v) is 10.2. The van der Waals surface area contributed by atoms with Gasteiger partial charge in [0.2, 0.25) is 0 Å². The number of methoxy groups -OCH3 is 1. The Hall–Kier alpha value is -3.07. The van der Waals surface area contributed by atoms with Crippen LogP contribution in [-0.4, -0.2) is 13.3 Å². The first-order chi connectivity index (χ1) is 14.0. The molecule has 0 aliphatic heterocycles. The van der Waals surface area contributed by atoms with Gasteiger partial charge in [0, 0.05) is 23.2 Å². The highest BCUT2D eigenvalue weighted by molar-refractivity contribution is 5.91. The van der Waals surface area contributed by atoms with E-state index in [2.05, 4.69) is 74.4 Å². The van der Waals surface area contributed by atoms with Gasteiger partial charge in [0.1, 0.15) is 5.75 Å². The highest BCUT2D eigenvalue weighted by Crippen LogP contribution is 2.35. The Bertz CT molecular complexity index is 946. The predicted octanol–water partition coefficient (Wildman–Crippen LogP) is 7.44. The van der Waals surface area contributed by atoms with Gasteiger partial charge in [0.25, 0.3) is 0 Å². The van der Waals surface area contributed by atoms with Crippen LogP contribution in [0.15, 0.2) is 71.7 Å². The number of ether oxygens (including phenoxy) is 1. The number of nitrogens with one attached hydrogen (secondary N) is 1. The molecule has 0 heterocycles. The zero-order chi connectivity index (χ0) is 20.8. The van der Waals surface area contributed by atoms with Gasteiger partial charge in [0.05, 0.1) is 12.8 Å². The molecule has 3 heteroatoms. The standard InChI is InChI=1S/C26H30N2O/c1-18(2)23-10-8-11-24(19(3)4)26(23)28-25-12-7-6-9-20(25)17-27-21-13-15-22(29-5)16-14-21/h6-19,28H,1-5H3. The second-order valence-electron chi connectivity index (χ2n) is 7.79. The van der Waals surface area contributed by atoms with Gasteiger partial charge in [-0.25, -0.2) is 0 Å². The SMILES string of the molecule is COc1ccc(N=Cc2ccccc2Nc2c(C(C)C)cccc2C(C)C)cc1. The second kappa shape index (κ2) is 9.42. The Morgan fingerprint density at radius 2 is 1.41 bits per heavy atom. The molecule has 0 fully saturated rings. The van der Waals surface area contributed by atoms with Crippen molar-refractivity contribution in [2.45, 2.75) is 39.5 Å². The van der Waals surface area contributed by atoms with Gasteiger partial charge in [-0.3, -0.25) is 4.99 Å². The van der Waals surface area contributed by atoms with Crippen LogP contribution in [0.5, 0.6) is 5.75 Å². The molecule has 0 amide bonds. The quantitative estimate of drug-likeness (QED) is 0.428. The third-order valence-corrected chi connectivity index (χ3v) is 5.02. The molecule has 0 radical (unpaired) electrons. The fourth-order valence-corrected chi connectivity index (χ4v) is 3.37. The fourth-order valence-electron chi connectivity index (χ4n) is 3.37. The lowest BCUT2D eigenvalue weighted by molar-refractivity contribution is 0.415. The molecule has 3 nitrogen and oxygen atoms in total. The number of rotatable bonds is 7. The van der Waals surface area contributed by atoms with E-state index in [1.807, 2.05) is 36.5 Å². The lowest BCUT2D eigenvalue weighted by Gasteiger charge is -2.21. The zero-order valence-corrected chi connectivity index (χ0v) is 17.9. The summed E-state index contributed by atoms with van der Waals surface area (Å²) < 4.78 is 5.22. The minimum atomic E-state index is 0.441. The molecular weight excluding hydrogens is 356 g/mol. The average Bonchev–Trinajstić information content (AvgIpc) is 2.73. The van der Waals surface area contributed by atoms with Crippen molar-refractivity contribution >= 4 is 23.3 Å². The highest BCUT2D eigenvalue weighted by Gasteiger charge is 2.14. The molecule has 1 N–H and O–H groups in total. The molecule has 0 aromatic heterocycles. The third-order valence-electron chi connectivity index (χ3n) is 5.02. The van der Waals surface area contributed by atoms with Crippen LogP contribution in [0.1, 0.15) is 56.2 Å². The van der Waals surface area contributed by atoms with Gasteiger partial charge in [-0.15, -0.1) is 0 Å². The monoisotopic (exact) mass is 386 g/mol. The summed E-state index contributed by atoms with van der Waals surface area (Å²) >= 11 is 0. The molecule has 0 saturated heterocycles. The number of hydrogen-bond donors (Lipinski definition) is 1. The molecule has 3 rings (SSSR count). The third kappa shape index (κ3) is 5.05. The summed E-state index contributed by atoms with van der Waals surface area (Å²) in [7, 11) is 1.67. The Kier molecular flexibility index (Phi) is 6.71. The van der Waals surface area contributed by atoms with Crippen LogP contribution in [0.3, 0.4) is 0 Å². The second-order valence-corrected chi connectivity index (χ2v) is 7.79. The molecular formula is C26H30N2O. The Balaban J connectivity index is 1.95. The van der Waals surface area contributed by atoms with Gasteiger partial charge >= 0.3 is 0 Å². The molecule has 0 aliphatic carbocycles. The van der Waals surface area contributed by atoms with Crippen molar-refractivity contribution in [3.05, 3.63) is 83.4 Å². The van der Waals surface area contributed by atoms with Crippen molar-refractivity contribution in [3.8, 4) is 5.75 Å². The number of aliphatic imine (C=N–C) groups is 1. The van der Waals surface area contributed by atoms with Gasteiger partial charge in [0.15, 0.2) is 0 Å². The summed E-state index contributed by atoms with van der Waals surface area (Å²) in [4.78, 5) is 4.65. The summed E-state index contributed by atoms with van der Waals surface area (Å²) in [5, 5.41) is 3.72. The topological polar surface area (TPSA) is 33.6 Å². The van der Waals surface area contributed by atoms with Crippen LogP contribution in [-0.2, 0) is 0 Å². The van der Waals surface area contributed by atoms with E-state index < -0.39 is 0 Å². The van der Waals surface area contributed by atoms with E-state index in [1.54, 1.807) is 7.11 Å². The summed E-state index contributed by atoms with van der Waals surface area (Å²) in [6.07, 6.45) is 1.91. The van der Waals surface area contributed by atoms with Crippen molar-refractivity contribution in [2.24, 2.45) is 4.99 Å². The van der Waals surface area contributed by atoms with Crippen LogP contribution in [0.25, 0.3) is 0 Å². The van der Waals surface area contributed by atoms with Crippen LogP contribution in [0, 0.1) is 0 Å². The predicted molar refractivity (Wildman–Crippen MR) is 125 cm³/mol.